The van der Waals surface area contributed by atoms with Gasteiger partial charge in [0.15, 0.2) is 5.69 Å². The van der Waals surface area contributed by atoms with Crippen LogP contribution >= 0.6 is 0 Å². The van der Waals surface area contributed by atoms with Crippen LogP contribution in [0.2, 0.25) is 0 Å². The molecule has 0 radical (unpaired) electrons. The number of rotatable bonds is 3. The lowest BCUT2D eigenvalue weighted by Gasteiger charge is -2.01. The molecule has 0 fully saturated rings. The first kappa shape index (κ1) is 9.42. The molecule has 0 amide bonds. The number of methoxy groups -OCH3 is 1. The summed E-state index contributed by atoms with van der Waals surface area (Å²) in [5, 5.41) is 12.3. The third-order valence-electron chi connectivity index (χ3n) is 1.49. The zero-order valence-electron chi connectivity index (χ0n) is 7.23. The summed E-state index contributed by atoms with van der Waals surface area (Å²) in [4.78, 5) is 11.1. The number of nitrogens with zero attached hydrogens (tertiary/aromatic N) is 3. The molecule has 1 heterocycles. The molecule has 0 N–H and O–H groups in total. The second-order valence-electron chi connectivity index (χ2n) is 2.38. The van der Waals surface area contributed by atoms with Crippen LogP contribution in [0.1, 0.15) is 5.69 Å². The van der Waals surface area contributed by atoms with Gasteiger partial charge in [-0.25, -0.2) is 4.68 Å². The van der Waals surface area contributed by atoms with Crippen LogP contribution in [0.5, 0.6) is 0 Å². The average molecular weight is 179 g/mol. The van der Waals surface area contributed by atoms with Gasteiger partial charge in [0, 0.05) is 13.2 Å². The Balaban J connectivity index is 2.92. The minimum absolute atomic E-state index is 0.226. The number of ether oxygens (including phenoxy) is 1. The Morgan fingerprint density at radius 3 is 3.08 bits per heavy atom. The average Bonchev–Trinajstić information content (AvgIpc) is 2.17. The second-order valence-corrected chi connectivity index (χ2v) is 2.38. The van der Waals surface area contributed by atoms with Crippen molar-refractivity contribution in [2.45, 2.75) is 6.54 Å². The number of hydrogen-bond donors (Lipinski definition) is 0. The van der Waals surface area contributed by atoms with Crippen molar-refractivity contribution in [1.29, 1.82) is 5.26 Å². The number of aromatic nitrogens is 2. The Bertz CT molecular complexity index is 378. The fourth-order valence-electron chi connectivity index (χ4n) is 0.846. The van der Waals surface area contributed by atoms with Crippen molar-refractivity contribution >= 4 is 0 Å². The van der Waals surface area contributed by atoms with Crippen molar-refractivity contribution < 1.29 is 4.74 Å². The van der Waals surface area contributed by atoms with E-state index < -0.39 is 0 Å². The Morgan fingerprint density at radius 2 is 2.46 bits per heavy atom. The predicted molar refractivity (Wildman–Crippen MR) is 45.1 cm³/mol. The molecule has 13 heavy (non-hydrogen) atoms. The molecule has 0 saturated carbocycles. The van der Waals surface area contributed by atoms with Gasteiger partial charge < -0.3 is 4.74 Å². The van der Waals surface area contributed by atoms with E-state index in [0.29, 0.717) is 13.2 Å². The van der Waals surface area contributed by atoms with Crippen molar-refractivity contribution in [3.05, 3.63) is 28.2 Å². The molecular formula is C8H9N3O2. The summed E-state index contributed by atoms with van der Waals surface area (Å²) in [6.07, 6.45) is 0. The van der Waals surface area contributed by atoms with Gasteiger partial charge in [-0.05, 0) is 6.07 Å². The van der Waals surface area contributed by atoms with Crippen LogP contribution in [-0.4, -0.2) is 23.5 Å². The van der Waals surface area contributed by atoms with Gasteiger partial charge in [0.05, 0.1) is 13.2 Å². The quantitative estimate of drug-likeness (QED) is 0.642. The van der Waals surface area contributed by atoms with Crippen LogP contribution in [0, 0.1) is 11.3 Å². The van der Waals surface area contributed by atoms with Gasteiger partial charge in [-0.1, -0.05) is 0 Å². The lowest BCUT2D eigenvalue weighted by Crippen LogP contribution is -2.24. The highest BCUT2D eigenvalue weighted by molar-refractivity contribution is 5.16. The zero-order valence-corrected chi connectivity index (χ0v) is 7.23. The smallest absolute Gasteiger partial charge is 0.266 e. The van der Waals surface area contributed by atoms with Crippen LogP contribution in [0.4, 0.5) is 0 Å². The lowest BCUT2D eigenvalue weighted by molar-refractivity contribution is 0.181. The maximum absolute atomic E-state index is 11.1. The Hall–Kier alpha value is -1.67. The summed E-state index contributed by atoms with van der Waals surface area (Å²) in [6, 6.07) is 4.57. The highest BCUT2D eigenvalue weighted by Crippen LogP contribution is 1.86. The summed E-state index contributed by atoms with van der Waals surface area (Å²) in [5.74, 6) is 0. The molecule has 0 aliphatic carbocycles. The van der Waals surface area contributed by atoms with Crippen LogP contribution in [-0.2, 0) is 11.3 Å². The maximum Gasteiger partial charge on any atom is 0.266 e. The molecule has 1 aromatic rings. The van der Waals surface area contributed by atoms with Gasteiger partial charge in [-0.3, -0.25) is 4.79 Å². The van der Waals surface area contributed by atoms with Crippen molar-refractivity contribution in [3.8, 4) is 6.07 Å². The van der Waals surface area contributed by atoms with Crippen molar-refractivity contribution in [1.82, 2.24) is 9.78 Å². The minimum Gasteiger partial charge on any atom is -0.383 e. The van der Waals surface area contributed by atoms with E-state index in [4.69, 9.17) is 10.00 Å². The third kappa shape index (κ3) is 2.39. The van der Waals surface area contributed by atoms with Gasteiger partial charge in [-0.2, -0.15) is 10.4 Å². The SMILES string of the molecule is COCCn1nc(C#N)ccc1=O. The van der Waals surface area contributed by atoms with Crippen LogP contribution in [0.15, 0.2) is 16.9 Å². The summed E-state index contributed by atoms with van der Waals surface area (Å²) in [6.45, 7) is 0.770. The molecule has 0 saturated heterocycles. The van der Waals surface area contributed by atoms with Crippen molar-refractivity contribution in [3.63, 3.8) is 0 Å². The van der Waals surface area contributed by atoms with E-state index in [1.54, 1.807) is 7.11 Å². The van der Waals surface area contributed by atoms with Gasteiger partial charge >= 0.3 is 0 Å². The molecule has 1 rings (SSSR count). The van der Waals surface area contributed by atoms with Gasteiger partial charge in [0.25, 0.3) is 5.56 Å². The van der Waals surface area contributed by atoms with E-state index in [9.17, 15) is 4.79 Å². The number of nitriles is 1. The van der Waals surface area contributed by atoms with E-state index in [0.717, 1.165) is 0 Å². The Kier molecular flexibility index (Phi) is 3.17. The zero-order chi connectivity index (χ0) is 9.68. The van der Waals surface area contributed by atoms with E-state index in [1.165, 1.54) is 16.8 Å². The Morgan fingerprint density at radius 1 is 1.69 bits per heavy atom. The molecule has 1 aromatic heterocycles. The molecule has 0 aromatic carbocycles. The lowest BCUT2D eigenvalue weighted by atomic mass is 10.4. The largest absolute Gasteiger partial charge is 0.383 e. The molecule has 68 valence electrons. The third-order valence-corrected chi connectivity index (χ3v) is 1.49. The molecule has 0 unspecified atom stereocenters. The van der Waals surface area contributed by atoms with Crippen LogP contribution < -0.4 is 5.56 Å². The second kappa shape index (κ2) is 4.38. The van der Waals surface area contributed by atoms with Crippen LogP contribution in [0.3, 0.4) is 0 Å². The van der Waals surface area contributed by atoms with E-state index in [1.807, 2.05) is 6.07 Å². The van der Waals surface area contributed by atoms with Crippen LogP contribution in [0.25, 0.3) is 0 Å². The van der Waals surface area contributed by atoms with E-state index in [-0.39, 0.29) is 11.3 Å². The molecule has 0 spiro atoms. The highest BCUT2D eigenvalue weighted by Gasteiger charge is 1.98. The predicted octanol–water partition coefficient (Wildman–Crippen LogP) is -0.239. The standard InChI is InChI=1S/C8H9N3O2/c1-13-5-4-11-8(12)3-2-7(6-9)10-11/h2-3H,4-5H2,1H3. The van der Waals surface area contributed by atoms with E-state index in [2.05, 4.69) is 5.10 Å². The molecule has 0 atom stereocenters. The summed E-state index contributed by atoms with van der Waals surface area (Å²) in [5.41, 5.74) is 0.00625. The fraction of sp³-hybridized carbons (Fsp3) is 0.375. The summed E-state index contributed by atoms with van der Waals surface area (Å²) < 4.78 is 6.00. The molecule has 0 aliphatic heterocycles. The summed E-state index contributed by atoms with van der Waals surface area (Å²) in [7, 11) is 1.54. The molecule has 5 heteroatoms. The number of hydrogen-bond acceptors (Lipinski definition) is 4. The highest BCUT2D eigenvalue weighted by atomic mass is 16.5. The van der Waals surface area contributed by atoms with Gasteiger partial charge in [0.1, 0.15) is 6.07 Å². The minimum atomic E-state index is -0.226. The first-order chi connectivity index (χ1) is 6.27. The molecule has 0 bridgehead atoms. The van der Waals surface area contributed by atoms with Crippen molar-refractivity contribution in [2.75, 3.05) is 13.7 Å². The maximum atomic E-state index is 11.1. The van der Waals surface area contributed by atoms with Crippen molar-refractivity contribution in [2.24, 2.45) is 0 Å². The topological polar surface area (TPSA) is 67.9 Å². The molecular weight excluding hydrogens is 170 g/mol. The van der Waals surface area contributed by atoms with E-state index >= 15 is 0 Å². The first-order valence-electron chi connectivity index (χ1n) is 3.75. The van der Waals surface area contributed by atoms with Gasteiger partial charge in [-0.15, -0.1) is 0 Å². The first-order valence-corrected chi connectivity index (χ1v) is 3.75. The summed E-state index contributed by atoms with van der Waals surface area (Å²) >= 11 is 0. The molecule has 0 aliphatic rings. The normalized spacial score (nSPS) is 9.54. The molecule has 5 nitrogen and oxygen atoms in total. The Labute approximate surface area is 75.2 Å². The van der Waals surface area contributed by atoms with Gasteiger partial charge in [0.2, 0.25) is 0 Å². The monoisotopic (exact) mass is 179 g/mol. The fourth-order valence-corrected chi connectivity index (χ4v) is 0.846.